The molecule has 0 saturated carbocycles. The van der Waals surface area contributed by atoms with Gasteiger partial charge in [-0.3, -0.25) is 14.5 Å². The van der Waals surface area contributed by atoms with E-state index in [0.717, 1.165) is 4.90 Å². The molecule has 0 aliphatic carbocycles. The van der Waals surface area contributed by atoms with Crippen molar-refractivity contribution < 1.29 is 37.3 Å². The quantitative estimate of drug-likeness (QED) is 0.492. The Morgan fingerprint density at radius 3 is 2.22 bits per heavy atom. The highest BCUT2D eigenvalue weighted by molar-refractivity contribution is 5.99. The van der Waals surface area contributed by atoms with Crippen molar-refractivity contribution in [1.82, 2.24) is 4.90 Å². The summed E-state index contributed by atoms with van der Waals surface area (Å²) in [7, 11) is 1.33. The third-order valence-electron chi connectivity index (χ3n) is 5.46. The van der Waals surface area contributed by atoms with Gasteiger partial charge in [0.2, 0.25) is 11.8 Å². The van der Waals surface area contributed by atoms with Crippen LogP contribution in [-0.4, -0.2) is 48.0 Å². The third-order valence-corrected chi connectivity index (χ3v) is 5.46. The number of hydrogen-bond acceptors (Lipinski definition) is 5. The van der Waals surface area contributed by atoms with Crippen LogP contribution < -0.4 is 0 Å². The number of carbonyl (C=O) groups is 2. The zero-order valence-electron chi connectivity index (χ0n) is 17.4. The van der Waals surface area contributed by atoms with Gasteiger partial charge in [-0.15, -0.1) is 0 Å². The topological polar surface area (TPSA) is 76.1 Å². The van der Waals surface area contributed by atoms with Crippen LogP contribution >= 0.6 is 0 Å². The van der Waals surface area contributed by atoms with Crippen LogP contribution in [0.25, 0.3) is 0 Å². The van der Waals surface area contributed by atoms with E-state index in [1.54, 1.807) is 60.7 Å². The second-order valence-electron chi connectivity index (χ2n) is 7.58. The Labute approximate surface area is 183 Å². The summed E-state index contributed by atoms with van der Waals surface area (Å²) in [5.74, 6) is -6.26. The summed E-state index contributed by atoms with van der Waals surface area (Å²) in [6, 6.07) is 16.6. The molecule has 32 heavy (non-hydrogen) atoms. The molecule has 0 radical (unpaired) electrons. The average Bonchev–Trinajstić information content (AvgIpc) is 2.77. The van der Waals surface area contributed by atoms with E-state index in [1.807, 2.05) is 0 Å². The highest BCUT2D eigenvalue weighted by Gasteiger charge is 2.57. The van der Waals surface area contributed by atoms with Gasteiger partial charge in [-0.2, -0.15) is 13.2 Å². The molecule has 172 valence electrons. The summed E-state index contributed by atoms with van der Waals surface area (Å²) in [4.78, 5) is 26.5. The first kappa shape index (κ1) is 23.9. The van der Waals surface area contributed by atoms with Crippen molar-refractivity contribution in [3.05, 3.63) is 71.8 Å². The molecule has 2 amide bonds. The Balaban J connectivity index is 1.97. The molecule has 3 rings (SSSR count). The normalized spacial score (nSPS) is 21.5. The lowest BCUT2D eigenvalue weighted by molar-refractivity contribution is -0.224. The van der Waals surface area contributed by atoms with Crippen molar-refractivity contribution in [2.24, 2.45) is 11.8 Å². The number of ether oxygens (including phenoxy) is 2. The van der Waals surface area contributed by atoms with Crippen LogP contribution in [0.2, 0.25) is 0 Å². The Kier molecular flexibility index (Phi) is 7.65. The number of benzene rings is 2. The fourth-order valence-corrected chi connectivity index (χ4v) is 3.90. The number of aliphatic hydroxyl groups excluding tert-OH is 1. The Bertz CT molecular complexity index is 907. The Morgan fingerprint density at radius 2 is 1.66 bits per heavy atom. The zero-order chi connectivity index (χ0) is 23.3. The number of alkyl halides is 3. The molecule has 1 N–H and O–H groups in total. The maximum absolute atomic E-state index is 13.9. The average molecular weight is 451 g/mol. The second kappa shape index (κ2) is 10.2. The number of hydrogen-bond donors (Lipinski definition) is 1. The van der Waals surface area contributed by atoms with Gasteiger partial charge in [0, 0.05) is 13.5 Å². The van der Waals surface area contributed by atoms with Crippen molar-refractivity contribution in [2.45, 2.75) is 31.3 Å². The number of halogens is 3. The molecule has 0 unspecified atom stereocenters. The summed E-state index contributed by atoms with van der Waals surface area (Å²) < 4.78 is 52.0. The summed E-state index contributed by atoms with van der Waals surface area (Å²) in [6.45, 7) is -0.484. The Hall–Kier alpha value is -2.75. The lowest BCUT2D eigenvalue weighted by Gasteiger charge is -2.41. The fraction of sp³-hybridized carbons (Fsp3) is 0.391. The van der Waals surface area contributed by atoms with E-state index in [0.29, 0.717) is 11.1 Å². The molecular weight excluding hydrogens is 427 g/mol. The van der Waals surface area contributed by atoms with Crippen molar-refractivity contribution >= 4 is 11.8 Å². The van der Waals surface area contributed by atoms with Gasteiger partial charge >= 0.3 is 6.18 Å². The second-order valence-corrected chi connectivity index (χ2v) is 7.58. The maximum atomic E-state index is 13.9. The van der Waals surface area contributed by atoms with E-state index in [2.05, 4.69) is 0 Å². The summed E-state index contributed by atoms with van der Waals surface area (Å²) in [5, 5.41) is 11.0. The number of amides is 2. The molecule has 4 atom stereocenters. The lowest BCUT2D eigenvalue weighted by Crippen LogP contribution is -2.56. The molecule has 6 nitrogen and oxygen atoms in total. The van der Waals surface area contributed by atoms with Gasteiger partial charge in [0.1, 0.15) is 12.9 Å². The van der Waals surface area contributed by atoms with Crippen LogP contribution in [0.15, 0.2) is 60.7 Å². The van der Waals surface area contributed by atoms with E-state index in [-0.39, 0.29) is 13.3 Å². The van der Waals surface area contributed by atoms with Crippen LogP contribution in [0.5, 0.6) is 0 Å². The number of carbonyl (C=O) groups excluding carboxylic acids is 2. The molecule has 2 aromatic rings. The summed E-state index contributed by atoms with van der Waals surface area (Å²) in [5.41, 5.74) is 0.973. The monoisotopic (exact) mass is 451 g/mol. The fourth-order valence-electron chi connectivity index (χ4n) is 3.90. The maximum Gasteiger partial charge on any atom is 0.393 e. The van der Waals surface area contributed by atoms with E-state index in [1.165, 1.54) is 7.11 Å². The van der Waals surface area contributed by atoms with Gasteiger partial charge in [-0.1, -0.05) is 60.7 Å². The van der Waals surface area contributed by atoms with E-state index in [9.17, 15) is 27.9 Å². The van der Waals surface area contributed by atoms with Crippen molar-refractivity contribution in [3.63, 3.8) is 0 Å². The Morgan fingerprint density at radius 1 is 1.06 bits per heavy atom. The predicted octanol–water partition coefficient (Wildman–Crippen LogP) is 3.46. The molecule has 9 heteroatoms. The molecule has 0 spiro atoms. The van der Waals surface area contributed by atoms with Crippen molar-refractivity contribution in [3.8, 4) is 0 Å². The van der Waals surface area contributed by atoms with E-state index >= 15 is 0 Å². The standard InChI is InChI=1S/C23H24F3NO5/c1-31-14-32-21(16-10-6-3-7-11-16)20(29)19-17(23(24,25)26)12-18(28)27(22(19)30)13-15-8-4-2-5-9-15/h2-11,17,19-21,29H,12-14H2,1H3/t17-,19-,20+,21+/m1/s1. The van der Waals surface area contributed by atoms with Crippen LogP contribution in [0, 0.1) is 11.8 Å². The first-order valence-corrected chi connectivity index (χ1v) is 10.0. The molecule has 0 bridgehead atoms. The molecular formula is C23H24F3NO5. The zero-order valence-corrected chi connectivity index (χ0v) is 17.4. The molecule has 2 aromatic carbocycles. The van der Waals surface area contributed by atoms with Crippen LogP contribution in [0.3, 0.4) is 0 Å². The molecule has 1 heterocycles. The van der Waals surface area contributed by atoms with Gasteiger partial charge in [-0.05, 0) is 11.1 Å². The third kappa shape index (κ3) is 5.35. The van der Waals surface area contributed by atoms with Gasteiger partial charge < -0.3 is 14.6 Å². The van der Waals surface area contributed by atoms with Gasteiger partial charge in [0.05, 0.1) is 24.5 Å². The minimum atomic E-state index is -4.86. The number of aliphatic hydroxyl groups is 1. The van der Waals surface area contributed by atoms with Gasteiger partial charge in [0.25, 0.3) is 0 Å². The highest BCUT2D eigenvalue weighted by atomic mass is 19.4. The molecule has 1 aliphatic heterocycles. The van der Waals surface area contributed by atoms with Crippen LogP contribution in [-0.2, 0) is 25.6 Å². The predicted molar refractivity (Wildman–Crippen MR) is 108 cm³/mol. The van der Waals surface area contributed by atoms with Crippen molar-refractivity contribution in [1.29, 1.82) is 0 Å². The smallest absolute Gasteiger partial charge is 0.389 e. The molecule has 1 fully saturated rings. The number of imide groups is 1. The minimum absolute atomic E-state index is 0.179. The SMILES string of the molecule is COCO[C@@H](c1ccccc1)[C@@H](O)[C@@H]1C(=O)N(Cc2ccccc2)C(=O)C[C@H]1C(F)(F)F. The first-order chi connectivity index (χ1) is 15.2. The lowest BCUT2D eigenvalue weighted by atomic mass is 9.77. The minimum Gasteiger partial charge on any atom is -0.389 e. The molecule has 1 saturated heterocycles. The van der Waals surface area contributed by atoms with Gasteiger partial charge in [-0.25, -0.2) is 0 Å². The number of rotatable bonds is 8. The largest absolute Gasteiger partial charge is 0.393 e. The van der Waals surface area contributed by atoms with E-state index < -0.39 is 48.5 Å². The summed E-state index contributed by atoms with van der Waals surface area (Å²) >= 11 is 0. The first-order valence-electron chi connectivity index (χ1n) is 10.0. The van der Waals surface area contributed by atoms with Crippen molar-refractivity contribution in [2.75, 3.05) is 13.9 Å². The summed E-state index contributed by atoms with van der Waals surface area (Å²) in [6.07, 6.45) is -8.92. The number of piperidine rings is 1. The van der Waals surface area contributed by atoms with Crippen LogP contribution in [0.1, 0.15) is 23.7 Å². The van der Waals surface area contributed by atoms with Crippen LogP contribution in [0.4, 0.5) is 13.2 Å². The number of methoxy groups -OCH3 is 1. The molecule has 0 aromatic heterocycles. The highest BCUT2D eigenvalue weighted by Crippen LogP contribution is 2.43. The number of likely N-dealkylation sites (tertiary alicyclic amines) is 1. The van der Waals surface area contributed by atoms with E-state index in [4.69, 9.17) is 9.47 Å². The van der Waals surface area contributed by atoms with Gasteiger partial charge in [0.15, 0.2) is 0 Å². The number of nitrogens with zero attached hydrogens (tertiary/aromatic N) is 1. The molecule has 1 aliphatic rings.